The summed E-state index contributed by atoms with van der Waals surface area (Å²) in [5.41, 5.74) is 1.63. The first kappa shape index (κ1) is 21.0. The van der Waals surface area contributed by atoms with Gasteiger partial charge in [0.2, 0.25) is 0 Å². The van der Waals surface area contributed by atoms with E-state index in [1.807, 2.05) is 18.2 Å². The molecule has 3 heterocycles. The van der Waals surface area contributed by atoms with Gasteiger partial charge in [0.05, 0.1) is 5.69 Å². The Labute approximate surface area is 178 Å². The molecule has 2 aliphatic rings. The Bertz CT molecular complexity index is 808. The maximum atomic E-state index is 12.7. The van der Waals surface area contributed by atoms with Crippen LogP contribution in [-0.4, -0.2) is 71.2 Å². The normalized spacial score (nSPS) is 19.1. The van der Waals surface area contributed by atoms with E-state index in [0.29, 0.717) is 29.3 Å². The summed E-state index contributed by atoms with van der Waals surface area (Å²) in [6.07, 6.45) is 9.62. The quantitative estimate of drug-likeness (QED) is 0.706. The Kier molecular flexibility index (Phi) is 7.12. The molecule has 1 saturated carbocycles. The van der Waals surface area contributed by atoms with E-state index < -0.39 is 0 Å². The van der Waals surface area contributed by atoms with E-state index >= 15 is 0 Å². The first-order valence-corrected chi connectivity index (χ1v) is 11.3. The van der Waals surface area contributed by atoms with Crippen LogP contribution in [0.15, 0.2) is 28.9 Å². The first-order chi connectivity index (χ1) is 14.7. The molecule has 0 bridgehead atoms. The fourth-order valence-corrected chi connectivity index (χ4v) is 4.71. The number of carbonyl (C=O) groups is 1. The van der Waals surface area contributed by atoms with Crippen molar-refractivity contribution in [3.8, 4) is 11.4 Å². The molecule has 2 aromatic heterocycles. The highest BCUT2D eigenvalue weighted by molar-refractivity contribution is 6.00. The SMILES string of the molecule is Cc1onc(-c2ccccn2)c1C(=O)NCCCN1CCN(C2CCCCC2)CC1. The van der Waals surface area contributed by atoms with E-state index in [-0.39, 0.29) is 5.91 Å². The molecule has 1 saturated heterocycles. The summed E-state index contributed by atoms with van der Waals surface area (Å²) in [7, 11) is 0. The van der Waals surface area contributed by atoms with Gasteiger partial charge in [-0.25, -0.2) is 0 Å². The summed E-state index contributed by atoms with van der Waals surface area (Å²) in [5.74, 6) is 0.378. The van der Waals surface area contributed by atoms with Crippen LogP contribution in [0.4, 0.5) is 0 Å². The molecule has 0 radical (unpaired) electrons. The van der Waals surface area contributed by atoms with Gasteiger partial charge in [-0.2, -0.15) is 0 Å². The van der Waals surface area contributed by atoms with Crippen LogP contribution in [0.25, 0.3) is 11.4 Å². The van der Waals surface area contributed by atoms with Crippen molar-refractivity contribution < 1.29 is 9.32 Å². The van der Waals surface area contributed by atoms with Crippen LogP contribution < -0.4 is 5.32 Å². The van der Waals surface area contributed by atoms with Gasteiger partial charge < -0.3 is 14.7 Å². The number of rotatable bonds is 7. The monoisotopic (exact) mass is 411 g/mol. The molecule has 1 aliphatic heterocycles. The molecule has 7 nitrogen and oxygen atoms in total. The van der Waals surface area contributed by atoms with Crippen LogP contribution in [-0.2, 0) is 0 Å². The van der Waals surface area contributed by atoms with Crippen molar-refractivity contribution in [2.24, 2.45) is 0 Å². The standard InChI is InChI=1S/C23H33N5O2/c1-18-21(22(26-30-18)20-10-5-6-11-24-20)23(29)25-12-7-13-27-14-16-28(17-15-27)19-8-3-2-4-9-19/h5-6,10-11,19H,2-4,7-9,12-17H2,1H3,(H,25,29). The molecule has 2 aromatic rings. The lowest BCUT2D eigenvalue weighted by atomic mass is 9.94. The number of nitrogens with one attached hydrogen (secondary N) is 1. The second kappa shape index (κ2) is 10.2. The van der Waals surface area contributed by atoms with Gasteiger partial charge in [0.25, 0.3) is 5.91 Å². The zero-order valence-corrected chi connectivity index (χ0v) is 18.0. The lowest BCUT2D eigenvalue weighted by Crippen LogP contribution is -2.51. The third-order valence-electron chi connectivity index (χ3n) is 6.43. The lowest BCUT2D eigenvalue weighted by molar-refractivity contribution is 0.0779. The van der Waals surface area contributed by atoms with Gasteiger partial charge in [0.15, 0.2) is 0 Å². The summed E-state index contributed by atoms with van der Waals surface area (Å²) in [6, 6.07) is 6.37. The third-order valence-corrected chi connectivity index (χ3v) is 6.43. The number of piperazine rings is 1. The number of hydrogen-bond acceptors (Lipinski definition) is 6. The Morgan fingerprint density at radius 2 is 1.97 bits per heavy atom. The van der Waals surface area contributed by atoms with Crippen molar-refractivity contribution in [2.75, 3.05) is 39.3 Å². The van der Waals surface area contributed by atoms with E-state index in [1.54, 1.807) is 13.1 Å². The molecule has 2 fully saturated rings. The number of pyridine rings is 1. The van der Waals surface area contributed by atoms with Gasteiger partial charge in [-0.3, -0.25) is 14.7 Å². The minimum absolute atomic E-state index is 0.142. The molecule has 1 N–H and O–H groups in total. The van der Waals surface area contributed by atoms with Crippen LogP contribution in [0, 0.1) is 6.92 Å². The van der Waals surface area contributed by atoms with E-state index in [9.17, 15) is 4.79 Å². The van der Waals surface area contributed by atoms with Crippen molar-refractivity contribution in [1.29, 1.82) is 0 Å². The molecule has 0 unspecified atom stereocenters. The summed E-state index contributed by atoms with van der Waals surface area (Å²) in [6.45, 7) is 8.08. The highest BCUT2D eigenvalue weighted by Gasteiger charge is 2.25. The minimum Gasteiger partial charge on any atom is -0.360 e. The van der Waals surface area contributed by atoms with Gasteiger partial charge in [0.1, 0.15) is 17.0 Å². The number of aryl methyl sites for hydroxylation is 1. The first-order valence-electron chi connectivity index (χ1n) is 11.3. The van der Waals surface area contributed by atoms with Crippen molar-refractivity contribution in [1.82, 2.24) is 25.3 Å². The Morgan fingerprint density at radius 1 is 1.17 bits per heavy atom. The van der Waals surface area contributed by atoms with E-state index in [4.69, 9.17) is 4.52 Å². The second-order valence-electron chi connectivity index (χ2n) is 8.46. The van der Waals surface area contributed by atoms with Gasteiger partial charge in [-0.1, -0.05) is 30.5 Å². The Morgan fingerprint density at radius 3 is 2.70 bits per heavy atom. The number of aromatic nitrogens is 2. The zero-order chi connectivity index (χ0) is 20.8. The fourth-order valence-electron chi connectivity index (χ4n) is 4.71. The molecule has 0 atom stereocenters. The van der Waals surface area contributed by atoms with E-state index in [0.717, 1.165) is 32.1 Å². The van der Waals surface area contributed by atoms with Crippen LogP contribution >= 0.6 is 0 Å². The van der Waals surface area contributed by atoms with Gasteiger partial charge in [-0.05, 0) is 44.9 Å². The highest BCUT2D eigenvalue weighted by atomic mass is 16.5. The maximum absolute atomic E-state index is 12.7. The molecule has 162 valence electrons. The Balaban J connectivity index is 1.20. The topological polar surface area (TPSA) is 74.5 Å². The second-order valence-corrected chi connectivity index (χ2v) is 8.46. The van der Waals surface area contributed by atoms with E-state index in [1.165, 1.54) is 45.2 Å². The van der Waals surface area contributed by atoms with Crippen molar-refractivity contribution in [3.63, 3.8) is 0 Å². The Hall–Kier alpha value is -2.25. The molecule has 0 aromatic carbocycles. The number of hydrogen-bond donors (Lipinski definition) is 1. The molecule has 7 heteroatoms. The summed E-state index contributed by atoms with van der Waals surface area (Å²) in [4.78, 5) is 22.2. The van der Waals surface area contributed by atoms with Gasteiger partial charge in [0, 0.05) is 45.0 Å². The molecule has 1 amide bonds. The van der Waals surface area contributed by atoms with Crippen LogP contribution in [0.5, 0.6) is 0 Å². The summed E-state index contributed by atoms with van der Waals surface area (Å²) in [5, 5.41) is 7.08. The fraction of sp³-hybridized carbons (Fsp3) is 0.609. The molecule has 1 aliphatic carbocycles. The smallest absolute Gasteiger partial charge is 0.257 e. The largest absolute Gasteiger partial charge is 0.360 e. The van der Waals surface area contributed by atoms with Crippen molar-refractivity contribution in [3.05, 3.63) is 35.7 Å². The van der Waals surface area contributed by atoms with E-state index in [2.05, 4.69) is 25.3 Å². The number of carbonyl (C=O) groups excluding carboxylic acids is 1. The van der Waals surface area contributed by atoms with Gasteiger partial charge in [-0.15, -0.1) is 0 Å². The van der Waals surface area contributed by atoms with Crippen LogP contribution in [0.1, 0.15) is 54.6 Å². The molecule has 4 rings (SSSR count). The molecular weight excluding hydrogens is 378 g/mol. The predicted molar refractivity (Wildman–Crippen MR) is 116 cm³/mol. The number of nitrogens with zero attached hydrogens (tertiary/aromatic N) is 4. The summed E-state index contributed by atoms with van der Waals surface area (Å²) < 4.78 is 5.27. The molecule has 30 heavy (non-hydrogen) atoms. The average molecular weight is 412 g/mol. The summed E-state index contributed by atoms with van der Waals surface area (Å²) >= 11 is 0. The maximum Gasteiger partial charge on any atom is 0.257 e. The van der Waals surface area contributed by atoms with Crippen LogP contribution in [0.3, 0.4) is 0 Å². The molecular formula is C23H33N5O2. The minimum atomic E-state index is -0.142. The average Bonchev–Trinajstić information content (AvgIpc) is 3.20. The third kappa shape index (κ3) is 5.08. The highest BCUT2D eigenvalue weighted by Crippen LogP contribution is 2.24. The van der Waals surface area contributed by atoms with Crippen LogP contribution in [0.2, 0.25) is 0 Å². The number of amides is 1. The van der Waals surface area contributed by atoms with Crippen molar-refractivity contribution in [2.45, 2.75) is 51.5 Å². The molecule has 0 spiro atoms. The van der Waals surface area contributed by atoms with Gasteiger partial charge >= 0.3 is 0 Å². The van der Waals surface area contributed by atoms with Crippen molar-refractivity contribution >= 4 is 5.91 Å². The zero-order valence-electron chi connectivity index (χ0n) is 18.0. The lowest BCUT2D eigenvalue weighted by Gasteiger charge is -2.40. The predicted octanol–water partition coefficient (Wildman–Crippen LogP) is 3.12.